The molecule has 2 atom stereocenters. The lowest BCUT2D eigenvalue weighted by Crippen LogP contribution is -2.51. The van der Waals surface area contributed by atoms with E-state index < -0.39 is 10.0 Å². The SMILES string of the molecule is CN=C(NCCNS(=O)(=O)c1ccccc1)N1CC(C)OC(c2ccc(F)cc2)C1. The van der Waals surface area contributed by atoms with Crippen molar-refractivity contribution in [3.8, 4) is 0 Å². The fraction of sp³-hybridized carbons (Fsp3) is 0.381. The summed E-state index contributed by atoms with van der Waals surface area (Å²) >= 11 is 0. The number of aliphatic imine (C=N–C) groups is 1. The van der Waals surface area contributed by atoms with E-state index in [1.807, 2.05) is 6.92 Å². The molecule has 0 amide bonds. The highest BCUT2D eigenvalue weighted by molar-refractivity contribution is 7.89. The highest BCUT2D eigenvalue weighted by Gasteiger charge is 2.28. The van der Waals surface area contributed by atoms with Gasteiger partial charge in [-0.3, -0.25) is 4.99 Å². The van der Waals surface area contributed by atoms with Crippen LogP contribution in [0.4, 0.5) is 4.39 Å². The number of hydrogen-bond acceptors (Lipinski definition) is 4. The first-order valence-electron chi connectivity index (χ1n) is 9.80. The molecule has 1 aliphatic rings. The summed E-state index contributed by atoms with van der Waals surface area (Å²) in [5.74, 6) is 0.381. The molecular formula is C21H27FN4O3S. The second-order valence-corrected chi connectivity index (χ2v) is 8.84. The van der Waals surface area contributed by atoms with Crippen molar-refractivity contribution in [3.05, 3.63) is 66.0 Å². The van der Waals surface area contributed by atoms with Crippen LogP contribution in [0.15, 0.2) is 64.5 Å². The lowest BCUT2D eigenvalue weighted by atomic mass is 10.1. The van der Waals surface area contributed by atoms with E-state index in [0.717, 1.165) is 5.56 Å². The summed E-state index contributed by atoms with van der Waals surface area (Å²) in [5.41, 5.74) is 0.902. The molecule has 0 saturated carbocycles. The molecule has 2 aromatic carbocycles. The Kier molecular flexibility index (Phi) is 7.41. The van der Waals surface area contributed by atoms with Crippen molar-refractivity contribution in [2.45, 2.75) is 24.0 Å². The van der Waals surface area contributed by atoms with E-state index in [0.29, 0.717) is 25.6 Å². The zero-order valence-corrected chi connectivity index (χ0v) is 17.9. The van der Waals surface area contributed by atoms with Crippen molar-refractivity contribution >= 4 is 16.0 Å². The zero-order chi connectivity index (χ0) is 21.6. The lowest BCUT2D eigenvalue weighted by molar-refractivity contribution is -0.0604. The highest BCUT2D eigenvalue weighted by Crippen LogP contribution is 2.25. The Morgan fingerprint density at radius 1 is 1.13 bits per heavy atom. The molecule has 2 unspecified atom stereocenters. The number of guanidine groups is 1. The smallest absolute Gasteiger partial charge is 0.240 e. The number of halogens is 1. The lowest BCUT2D eigenvalue weighted by Gasteiger charge is -2.38. The minimum Gasteiger partial charge on any atom is -0.367 e. The van der Waals surface area contributed by atoms with E-state index in [-0.39, 0.29) is 29.5 Å². The Morgan fingerprint density at radius 2 is 1.83 bits per heavy atom. The summed E-state index contributed by atoms with van der Waals surface area (Å²) in [4.78, 5) is 6.62. The van der Waals surface area contributed by atoms with Gasteiger partial charge in [0.2, 0.25) is 10.0 Å². The minimum atomic E-state index is -3.54. The molecule has 3 rings (SSSR count). The number of sulfonamides is 1. The van der Waals surface area contributed by atoms with Gasteiger partial charge in [-0.25, -0.2) is 17.5 Å². The molecule has 7 nitrogen and oxygen atoms in total. The predicted octanol–water partition coefficient (Wildman–Crippen LogP) is 2.14. The van der Waals surface area contributed by atoms with Crippen molar-refractivity contribution < 1.29 is 17.5 Å². The third kappa shape index (κ3) is 5.78. The molecule has 30 heavy (non-hydrogen) atoms. The third-order valence-corrected chi connectivity index (χ3v) is 6.24. The standard InChI is InChI=1S/C21H27FN4O3S/c1-16-14-26(15-20(29-16)17-8-10-18(22)11-9-17)21(23-2)24-12-13-25-30(27,28)19-6-4-3-5-7-19/h3-11,16,20,25H,12-15H2,1-2H3,(H,23,24). The molecule has 2 aromatic rings. The van der Waals surface area contributed by atoms with Crippen molar-refractivity contribution in [1.82, 2.24) is 14.9 Å². The summed E-state index contributed by atoms with van der Waals surface area (Å²) in [6, 6.07) is 14.6. The topological polar surface area (TPSA) is 83.0 Å². The zero-order valence-electron chi connectivity index (χ0n) is 17.1. The molecule has 1 aliphatic heterocycles. The first-order chi connectivity index (χ1) is 14.4. The maximum absolute atomic E-state index is 13.2. The van der Waals surface area contributed by atoms with Gasteiger partial charge in [0.25, 0.3) is 0 Å². The maximum atomic E-state index is 13.2. The fourth-order valence-electron chi connectivity index (χ4n) is 3.36. The van der Waals surface area contributed by atoms with E-state index in [9.17, 15) is 12.8 Å². The Labute approximate surface area is 177 Å². The van der Waals surface area contributed by atoms with Crippen LogP contribution in [0.1, 0.15) is 18.6 Å². The van der Waals surface area contributed by atoms with Crippen molar-refractivity contribution in [3.63, 3.8) is 0 Å². The van der Waals surface area contributed by atoms with Gasteiger partial charge in [-0.05, 0) is 36.8 Å². The Balaban J connectivity index is 1.55. The second kappa shape index (κ2) is 10.0. The fourth-order valence-corrected chi connectivity index (χ4v) is 4.41. The number of benzene rings is 2. The highest BCUT2D eigenvalue weighted by atomic mass is 32.2. The summed E-state index contributed by atoms with van der Waals surface area (Å²) in [7, 11) is -1.86. The molecule has 0 aromatic heterocycles. The molecule has 1 heterocycles. The van der Waals surface area contributed by atoms with Crippen LogP contribution in [-0.4, -0.2) is 58.6 Å². The van der Waals surface area contributed by atoms with Gasteiger partial charge in [0.1, 0.15) is 11.9 Å². The Hall–Kier alpha value is -2.49. The molecule has 162 valence electrons. The monoisotopic (exact) mass is 434 g/mol. The van der Waals surface area contributed by atoms with Gasteiger partial charge in [0, 0.05) is 26.7 Å². The van der Waals surface area contributed by atoms with Gasteiger partial charge < -0.3 is 15.0 Å². The van der Waals surface area contributed by atoms with E-state index in [1.165, 1.54) is 12.1 Å². The van der Waals surface area contributed by atoms with E-state index in [4.69, 9.17) is 4.74 Å². The molecule has 9 heteroatoms. The van der Waals surface area contributed by atoms with Crippen LogP contribution in [0.5, 0.6) is 0 Å². The second-order valence-electron chi connectivity index (χ2n) is 7.08. The first-order valence-corrected chi connectivity index (χ1v) is 11.3. The third-order valence-electron chi connectivity index (χ3n) is 4.77. The van der Waals surface area contributed by atoms with Gasteiger partial charge >= 0.3 is 0 Å². The molecule has 0 bridgehead atoms. The van der Waals surface area contributed by atoms with Gasteiger partial charge in [-0.15, -0.1) is 0 Å². The number of nitrogens with one attached hydrogen (secondary N) is 2. The largest absolute Gasteiger partial charge is 0.367 e. The van der Waals surface area contributed by atoms with Crippen LogP contribution >= 0.6 is 0 Å². The number of hydrogen-bond donors (Lipinski definition) is 2. The van der Waals surface area contributed by atoms with Gasteiger partial charge in [0.15, 0.2) is 5.96 Å². The summed E-state index contributed by atoms with van der Waals surface area (Å²) in [6.45, 7) is 3.78. The van der Waals surface area contributed by atoms with Gasteiger partial charge in [-0.2, -0.15) is 0 Å². The molecule has 0 radical (unpaired) electrons. The van der Waals surface area contributed by atoms with Crippen LogP contribution < -0.4 is 10.0 Å². The quantitative estimate of drug-likeness (QED) is 0.414. The average molecular weight is 435 g/mol. The minimum absolute atomic E-state index is 0.0380. The van der Waals surface area contributed by atoms with Crippen molar-refractivity contribution in [2.24, 2.45) is 4.99 Å². The number of nitrogens with zero attached hydrogens (tertiary/aromatic N) is 2. The summed E-state index contributed by atoms with van der Waals surface area (Å²) in [5, 5.41) is 3.20. The molecule has 0 aliphatic carbocycles. The van der Waals surface area contributed by atoms with Crippen molar-refractivity contribution in [2.75, 3.05) is 33.2 Å². The van der Waals surface area contributed by atoms with Crippen LogP contribution in [0.25, 0.3) is 0 Å². The van der Waals surface area contributed by atoms with Crippen LogP contribution in [0.3, 0.4) is 0 Å². The van der Waals surface area contributed by atoms with Crippen LogP contribution in [0.2, 0.25) is 0 Å². The molecule has 0 spiro atoms. The number of morpholine rings is 1. The Bertz CT molecular complexity index is 952. The van der Waals surface area contributed by atoms with Gasteiger partial charge in [-0.1, -0.05) is 30.3 Å². The van der Waals surface area contributed by atoms with E-state index in [1.54, 1.807) is 49.5 Å². The molecular weight excluding hydrogens is 407 g/mol. The molecule has 1 fully saturated rings. The van der Waals surface area contributed by atoms with Crippen LogP contribution in [0, 0.1) is 5.82 Å². The summed E-state index contributed by atoms with van der Waals surface area (Å²) < 4.78 is 46.4. The normalized spacial score (nSPS) is 20.2. The summed E-state index contributed by atoms with van der Waals surface area (Å²) in [6.07, 6.45) is -0.242. The van der Waals surface area contributed by atoms with E-state index >= 15 is 0 Å². The Morgan fingerprint density at radius 3 is 2.50 bits per heavy atom. The first kappa shape index (κ1) is 22.2. The molecule has 2 N–H and O–H groups in total. The average Bonchev–Trinajstić information content (AvgIpc) is 2.74. The van der Waals surface area contributed by atoms with Crippen LogP contribution in [-0.2, 0) is 14.8 Å². The molecule has 1 saturated heterocycles. The predicted molar refractivity (Wildman–Crippen MR) is 114 cm³/mol. The van der Waals surface area contributed by atoms with E-state index in [2.05, 4.69) is 19.9 Å². The van der Waals surface area contributed by atoms with Crippen molar-refractivity contribution in [1.29, 1.82) is 0 Å². The number of ether oxygens (including phenoxy) is 1. The van der Waals surface area contributed by atoms with Gasteiger partial charge in [0.05, 0.1) is 17.5 Å². The number of rotatable bonds is 6. The maximum Gasteiger partial charge on any atom is 0.240 e.